The molecule has 1 aliphatic heterocycles. The topological polar surface area (TPSA) is 15.3 Å². The van der Waals surface area contributed by atoms with Crippen LogP contribution in [0.5, 0.6) is 0 Å². The summed E-state index contributed by atoms with van der Waals surface area (Å²) in [6.45, 7) is 10.8. The molecule has 1 saturated carbocycles. The first-order chi connectivity index (χ1) is 7.74. The number of hydrogen-bond donors (Lipinski definition) is 1. The van der Waals surface area contributed by atoms with Crippen LogP contribution in [0.1, 0.15) is 46.5 Å². The van der Waals surface area contributed by atoms with Crippen molar-refractivity contribution < 1.29 is 0 Å². The van der Waals surface area contributed by atoms with Gasteiger partial charge in [0.05, 0.1) is 0 Å². The van der Waals surface area contributed by atoms with Gasteiger partial charge in [-0.2, -0.15) is 0 Å². The van der Waals surface area contributed by atoms with Gasteiger partial charge in [-0.15, -0.1) is 0 Å². The summed E-state index contributed by atoms with van der Waals surface area (Å²) >= 11 is 0. The van der Waals surface area contributed by atoms with Crippen LogP contribution >= 0.6 is 0 Å². The zero-order valence-corrected chi connectivity index (χ0v) is 11.2. The Morgan fingerprint density at radius 2 is 1.94 bits per heavy atom. The van der Waals surface area contributed by atoms with Crippen molar-refractivity contribution in [1.29, 1.82) is 0 Å². The monoisotopic (exact) mass is 224 g/mol. The summed E-state index contributed by atoms with van der Waals surface area (Å²) in [5, 5.41) is 3.65. The maximum absolute atomic E-state index is 3.65. The number of piperazine rings is 1. The number of nitrogens with one attached hydrogen (secondary N) is 1. The minimum absolute atomic E-state index is 0.685. The molecule has 2 unspecified atom stereocenters. The van der Waals surface area contributed by atoms with E-state index >= 15 is 0 Å². The van der Waals surface area contributed by atoms with Gasteiger partial charge in [0.1, 0.15) is 0 Å². The Balaban J connectivity index is 1.91. The Kier molecular flexibility index (Phi) is 4.26. The van der Waals surface area contributed by atoms with E-state index in [1.165, 1.54) is 45.3 Å². The third-order valence-corrected chi connectivity index (χ3v) is 4.47. The van der Waals surface area contributed by atoms with Crippen molar-refractivity contribution in [2.24, 2.45) is 11.8 Å². The molecule has 0 spiro atoms. The van der Waals surface area contributed by atoms with Crippen molar-refractivity contribution in [3.8, 4) is 0 Å². The SMILES string of the molecule is CCC(CC)CN1CC(C)NCC1C1CC1. The molecule has 2 atom stereocenters. The van der Waals surface area contributed by atoms with Crippen LogP contribution in [0.2, 0.25) is 0 Å². The molecule has 2 nitrogen and oxygen atoms in total. The lowest BCUT2D eigenvalue weighted by Crippen LogP contribution is -2.57. The third kappa shape index (κ3) is 2.98. The highest BCUT2D eigenvalue weighted by Crippen LogP contribution is 2.36. The molecular formula is C14H28N2. The molecule has 0 aromatic heterocycles. The van der Waals surface area contributed by atoms with Crippen molar-refractivity contribution in [3.05, 3.63) is 0 Å². The van der Waals surface area contributed by atoms with Gasteiger partial charge in [0.25, 0.3) is 0 Å². The van der Waals surface area contributed by atoms with E-state index in [4.69, 9.17) is 0 Å². The molecule has 0 amide bonds. The van der Waals surface area contributed by atoms with Crippen molar-refractivity contribution in [2.45, 2.75) is 58.5 Å². The molecule has 0 aromatic rings. The molecule has 1 N–H and O–H groups in total. The fourth-order valence-electron chi connectivity index (χ4n) is 3.04. The van der Waals surface area contributed by atoms with E-state index < -0.39 is 0 Å². The van der Waals surface area contributed by atoms with Gasteiger partial charge in [-0.05, 0) is 31.6 Å². The highest BCUT2D eigenvalue weighted by Gasteiger charge is 2.38. The lowest BCUT2D eigenvalue weighted by molar-refractivity contribution is 0.0982. The standard InChI is InChI=1S/C14H28N2/c1-4-12(5-2)10-16-9-11(3)15-8-14(16)13-6-7-13/h11-15H,4-10H2,1-3H3. The molecular weight excluding hydrogens is 196 g/mol. The van der Waals surface area contributed by atoms with Crippen LogP contribution in [0.25, 0.3) is 0 Å². The Bertz CT molecular complexity index is 209. The Morgan fingerprint density at radius 1 is 1.25 bits per heavy atom. The second kappa shape index (κ2) is 5.50. The maximum Gasteiger partial charge on any atom is 0.0249 e. The van der Waals surface area contributed by atoms with E-state index in [1.54, 1.807) is 0 Å². The van der Waals surface area contributed by atoms with E-state index in [2.05, 4.69) is 31.0 Å². The summed E-state index contributed by atoms with van der Waals surface area (Å²) in [4.78, 5) is 2.79. The summed E-state index contributed by atoms with van der Waals surface area (Å²) in [6.07, 6.45) is 5.62. The summed E-state index contributed by atoms with van der Waals surface area (Å²) in [5.41, 5.74) is 0. The molecule has 1 heterocycles. The number of nitrogens with zero attached hydrogens (tertiary/aromatic N) is 1. The molecule has 2 heteroatoms. The predicted molar refractivity (Wildman–Crippen MR) is 69.6 cm³/mol. The number of hydrogen-bond acceptors (Lipinski definition) is 2. The first-order valence-corrected chi connectivity index (χ1v) is 7.22. The van der Waals surface area contributed by atoms with Crippen LogP contribution in [-0.2, 0) is 0 Å². The van der Waals surface area contributed by atoms with Gasteiger partial charge in [0.15, 0.2) is 0 Å². The first-order valence-electron chi connectivity index (χ1n) is 7.22. The Morgan fingerprint density at radius 3 is 2.50 bits per heavy atom. The van der Waals surface area contributed by atoms with E-state index in [0.717, 1.165) is 17.9 Å². The quantitative estimate of drug-likeness (QED) is 0.772. The molecule has 2 aliphatic rings. The van der Waals surface area contributed by atoms with Gasteiger partial charge in [0.2, 0.25) is 0 Å². The van der Waals surface area contributed by atoms with E-state index in [-0.39, 0.29) is 0 Å². The minimum Gasteiger partial charge on any atom is -0.311 e. The van der Waals surface area contributed by atoms with Crippen LogP contribution in [0.3, 0.4) is 0 Å². The van der Waals surface area contributed by atoms with Gasteiger partial charge in [-0.25, -0.2) is 0 Å². The molecule has 16 heavy (non-hydrogen) atoms. The number of rotatable bonds is 5. The van der Waals surface area contributed by atoms with Crippen LogP contribution in [0.15, 0.2) is 0 Å². The van der Waals surface area contributed by atoms with Crippen LogP contribution in [0.4, 0.5) is 0 Å². The second-order valence-corrected chi connectivity index (χ2v) is 5.85. The molecule has 0 aromatic carbocycles. The molecule has 0 radical (unpaired) electrons. The summed E-state index contributed by atoms with van der Waals surface area (Å²) in [7, 11) is 0. The first kappa shape index (κ1) is 12.4. The van der Waals surface area contributed by atoms with Crippen molar-refractivity contribution in [2.75, 3.05) is 19.6 Å². The van der Waals surface area contributed by atoms with Crippen LogP contribution < -0.4 is 5.32 Å². The van der Waals surface area contributed by atoms with Crippen molar-refractivity contribution >= 4 is 0 Å². The largest absolute Gasteiger partial charge is 0.311 e. The summed E-state index contributed by atoms with van der Waals surface area (Å²) in [5.74, 6) is 1.92. The summed E-state index contributed by atoms with van der Waals surface area (Å²) in [6, 6.07) is 1.53. The van der Waals surface area contributed by atoms with Gasteiger partial charge in [-0.3, -0.25) is 4.90 Å². The van der Waals surface area contributed by atoms with Crippen LogP contribution in [0, 0.1) is 11.8 Å². The fraction of sp³-hybridized carbons (Fsp3) is 1.00. The van der Waals surface area contributed by atoms with E-state index in [9.17, 15) is 0 Å². The predicted octanol–water partition coefficient (Wildman–Crippen LogP) is 2.49. The molecule has 1 aliphatic carbocycles. The zero-order valence-electron chi connectivity index (χ0n) is 11.2. The Labute approximate surface area is 101 Å². The van der Waals surface area contributed by atoms with E-state index in [1.807, 2.05) is 0 Å². The fourth-order valence-corrected chi connectivity index (χ4v) is 3.04. The molecule has 2 rings (SSSR count). The second-order valence-electron chi connectivity index (χ2n) is 5.85. The van der Waals surface area contributed by atoms with Gasteiger partial charge >= 0.3 is 0 Å². The lowest BCUT2D eigenvalue weighted by atomic mass is 9.98. The molecule has 1 saturated heterocycles. The van der Waals surface area contributed by atoms with Crippen molar-refractivity contribution in [1.82, 2.24) is 10.2 Å². The molecule has 2 fully saturated rings. The average molecular weight is 224 g/mol. The van der Waals surface area contributed by atoms with Gasteiger partial charge in [-0.1, -0.05) is 26.7 Å². The maximum atomic E-state index is 3.65. The summed E-state index contributed by atoms with van der Waals surface area (Å²) < 4.78 is 0. The minimum atomic E-state index is 0.685. The normalized spacial score (nSPS) is 32.2. The molecule has 94 valence electrons. The smallest absolute Gasteiger partial charge is 0.0249 e. The van der Waals surface area contributed by atoms with Gasteiger partial charge in [0, 0.05) is 31.7 Å². The highest BCUT2D eigenvalue weighted by molar-refractivity contribution is 4.94. The molecule has 0 bridgehead atoms. The van der Waals surface area contributed by atoms with Crippen molar-refractivity contribution in [3.63, 3.8) is 0 Å². The van der Waals surface area contributed by atoms with E-state index in [0.29, 0.717) is 6.04 Å². The third-order valence-electron chi connectivity index (χ3n) is 4.47. The Hall–Kier alpha value is -0.0800. The van der Waals surface area contributed by atoms with Crippen LogP contribution in [-0.4, -0.2) is 36.6 Å². The highest BCUT2D eigenvalue weighted by atomic mass is 15.2. The average Bonchev–Trinajstić information content (AvgIpc) is 3.10. The van der Waals surface area contributed by atoms with Gasteiger partial charge < -0.3 is 5.32 Å². The lowest BCUT2D eigenvalue weighted by Gasteiger charge is -2.41. The zero-order chi connectivity index (χ0) is 11.5.